The van der Waals surface area contributed by atoms with Crippen LogP contribution in [0.1, 0.15) is 69.1 Å². The van der Waals surface area contributed by atoms with Crippen LogP contribution in [-0.2, 0) is 0 Å². The predicted octanol–water partition coefficient (Wildman–Crippen LogP) is 4.16. The van der Waals surface area contributed by atoms with Gasteiger partial charge in [-0.15, -0.1) is 0 Å². The molecule has 0 saturated carbocycles. The number of rotatable bonds is 5. The van der Waals surface area contributed by atoms with Crippen molar-refractivity contribution < 1.29 is 19.2 Å². The van der Waals surface area contributed by atoms with Crippen molar-refractivity contribution in [2.45, 2.75) is 27.7 Å². The van der Waals surface area contributed by atoms with Crippen molar-refractivity contribution in [2.75, 3.05) is 0 Å². The van der Waals surface area contributed by atoms with Crippen molar-refractivity contribution in [2.24, 2.45) is 0 Å². The fraction of sp³-hybridized carbons (Fsp3) is 0.200. The second kappa shape index (κ2) is 6.71. The van der Waals surface area contributed by atoms with E-state index in [2.05, 4.69) is 0 Å². The molecule has 0 atom stereocenters. The zero-order chi connectivity index (χ0) is 18.0. The van der Waals surface area contributed by atoms with Crippen LogP contribution >= 0.6 is 0 Å². The highest BCUT2D eigenvalue weighted by Crippen LogP contribution is 2.26. The molecule has 0 bridgehead atoms. The predicted molar refractivity (Wildman–Crippen MR) is 91.9 cm³/mol. The maximum absolute atomic E-state index is 11.7. The van der Waals surface area contributed by atoms with Gasteiger partial charge >= 0.3 is 0 Å². The molecule has 4 heteroatoms. The smallest absolute Gasteiger partial charge is 0.159 e. The Balaban J connectivity index is 2.74. The maximum atomic E-state index is 11.7. The first kappa shape index (κ1) is 17.5. The van der Waals surface area contributed by atoms with Gasteiger partial charge in [0.15, 0.2) is 23.1 Å². The molecule has 2 aromatic rings. The number of hydrogen-bond acceptors (Lipinski definition) is 4. The Bertz CT molecular complexity index is 737. The van der Waals surface area contributed by atoms with Crippen molar-refractivity contribution in [3.05, 3.63) is 58.7 Å². The highest BCUT2D eigenvalue weighted by atomic mass is 16.1. The summed E-state index contributed by atoms with van der Waals surface area (Å²) in [5, 5.41) is 0. The molecule has 4 nitrogen and oxygen atoms in total. The Morgan fingerprint density at radius 2 is 0.667 bits per heavy atom. The third-order valence-electron chi connectivity index (χ3n) is 3.83. The van der Waals surface area contributed by atoms with E-state index in [1.165, 1.54) is 27.7 Å². The van der Waals surface area contributed by atoms with Crippen LogP contribution in [0, 0.1) is 0 Å². The fourth-order valence-corrected chi connectivity index (χ4v) is 2.40. The normalized spacial score (nSPS) is 10.3. The minimum absolute atomic E-state index is 0.158. The van der Waals surface area contributed by atoms with Crippen molar-refractivity contribution >= 4 is 23.1 Å². The molecule has 0 radical (unpaired) electrons. The fourth-order valence-electron chi connectivity index (χ4n) is 2.40. The molecule has 2 rings (SSSR count). The molecule has 0 fully saturated rings. The summed E-state index contributed by atoms with van der Waals surface area (Å²) in [6.45, 7) is 5.71. The molecule has 122 valence electrons. The van der Waals surface area contributed by atoms with Crippen LogP contribution < -0.4 is 0 Å². The number of benzene rings is 2. The van der Waals surface area contributed by atoms with E-state index < -0.39 is 0 Å². The van der Waals surface area contributed by atoms with E-state index in [9.17, 15) is 19.2 Å². The summed E-state index contributed by atoms with van der Waals surface area (Å²) in [6, 6.07) is 9.76. The Labute approximate surface area is 140 Å². The maximum Gasteiger partial charge on any atom is 0.159 e. The third kappa shape index (κ3) is 3.71. The van der Waals surface area contributed by atoms with E-state index in [1.807, 2.05) is 0 Å². The second-order valence-electron chi connectivity index (χ2n) is 5.82. The molecule has 0 amide bonds. The van der Waals surface area contributed by atoms with E-state index in [4.69, 9.17) is 0 Å². The first-order valence-electron chi connectivity index (χ1n) is 7.53. The Kier molecular flexibility index (Phi) is 4.88. The van der Waals surface area contributed by atoms with Crippen molar-refractivity contribution in [3.8, 4) is 11.1 Å². The molecule has 24 heavy (non-hydrogen) atoms. The van der Waals surface area contributed by atoms with Crippen LogP contribution in [-0.4, -0.2) is 23.1 Å². The molecule has 0 aliphatic heterocycles. The lowest BCUT2D eigenvalue weighted by Crippen LogP contribution is -2.02. The van der Waals surface area contributed by atoms with Gasteiger partial charge in [-0.2, -0.15) is 0 Å². The van der Waals surface area contributed by atoms with Crippen LogP contribution in [0.4, 0.5) is 0 Å². The molecule has 0 aromatic heterocycles. The summed E-state index contributed by atoms with van der Waals surface area (Å²) in [5.74, 6) is -0.634. The van der Waals surface area contributed by atoms with Crippen LogP contribution in [0.15, 0.2) is 36.4 Å². The summed E-state index contributed by atoms with van der Waals surface area (Å²) in [7, 11) is 0. The number of carbonyl (C=O) groups is 4. The Hall–Kier alpha value is -2.88. The van der Waals surface area contributed by atoms with Crippen molar-refractivity contribution in [1.82, 2.24) is 0 Å². The van der Waals surface area contributed by atoms with Gasteiger partial charge in [0.2, 0.25) is 0 Å². The van der Waals surface area contributed by atoms with Gasteiger partial charge < -0.3 is 0 Å². The largest absolute Gasteiger partial charge is 0.295 e. The minimum atomic E-state index is -0.158. The van der Waals surface area contributed by atoms with Gasteiger partial charge in [0.25, 0.3) is 0 Å². The molecule has 0 N–H and O–H groups in total. The topological polar surface area (TPSA) is 68.3 Å². The molecule has 0 aliphatic carbocycles. The molecule has 0 saturated heterocycles. The van der Waals surface area contributed by atoms with Gasteiger partial charge in [-0.25, -0.2) is 0 Å². The SMILES string of the molecule is CC(=O)c1cc(C(C)=O)cc(-c2cc(C(C)=O)cc(C(C)=O)c2)c1. The lowest BCUT2D eigenvalue weighted by Gasteiger charge is -2.10. The lowest BCUT2D eigenvalue weighted by molar-refractivity contribution is 0.0998. The minimum Gasteiger partial charge on any atom is -0.295 e. The van der Waals surface area contributed by atoms with Gasteiger partial charge in [0.05, 0.1) is 0 Å². The molecule has 0 spiro atoms. The Morgan fingerprint density at radius 1 is 0.458 bits per heavy atom. The molecular formula is C20H18O4. The van der Waals surface area contributed by atoms with Crippen molar-refractivity contribution in [3.63, 3.8) is 0 Å². The number of hydrogen-bond donors (Lipinski definition) is 0. The summed E-state index contributed by atoms with van der Waals surface area (Å²) < 4.78 is 0. The first-order chi connectivity index (χ1) is 11.2. The first-order valence-corrected chi connectivity index (χ1v) is 7.53. The van der Waals surface area contributed by atoms with Crippen LogP contribution in [0.25, 0.3) is 11.1 Å². The summed E-state index contributed by atoms with van der Waals surface area (Å²) >= 11 is 0. The summed E-state index contributed by atoms with van der Waals surface area (Å²) in [4.78, 5) is 46.9. The highest BCUT2D eigenvalue weighted by Gasteiger charge is 2.13. The molecule has 0 heterocycles. The number of carbonyl (C=O) groups excluding carboxylic acids is 4. The zero-order valence-corrected chi connectivity index (χ0v) is 14.1. The average molecular weight is 322 g/mol. The molecular weight excluding hydrogens is 304 g/mol. The Morgan fingerprint density at radius 3 is 0.833 bits per heavy atom. The quantitative estimate of drug-likeness (QED) is 0.775. The van der Waals surface area contributed by atoms with E-state index in [1.54, 1.807) is 36.4 Å². The molecule has 2 aromatic carbocycles. The highest BCUT2D eigenvalue weighted by molar-refractivity contribution is 6.03. The van der Waals surface area contributed by atoms with Gasteiger partial charge in [-0.1, -0.05) is 0 Å². The van der Waals surface area contributed by atoms with Gasteiger partial charge in [0, 0.05) is 22.3 Å². The van der Waals surface area contributed by atoms with Crippen LogP contribution in [0.3, 0.4) is 0 Å². The van der Waals surface area contributed by atoms with Crippen LogP contribution in [0.2, 0.25) is 0 Å². The number of Topliss-reactive ketones (excluding diaryl/α,β-unsaturated/α-hetero) is 4. The van der Waals surface area contributed by atoms with Gasteiger partial charge in [0.1, 0.15) is 0 Å². The van der Waals surface area contributed by atoms with Gasteiger partial charge in [-0.05, 0) is 75.2 Å². The van der Waals surface area contributed by atoms with E-state index >= 15 is 0 Å². The zero-order valence-electron chi connectivity index (χ0n) is 14.1. The van der Waals surface area contributed by atoms with E-state index in [-0.39, 0.29) is 23.1 Å². The van der Waals surface area contributed by atoms with E-state index in [0.29, 0.717) is 33.4 Å². The summed E-state index contributed by atoms with van der Waals surface area (Å²) in [6.07, 6.45) is 0. The van der Waals surface area contributed by atoms with Crippen LogP contribution in [0.5, 0.6) is 0 Å². The standard InChI is InChI=1S/C20H18O4/c1-11(21)15-5-16(12(2)22)8-19(7-15)20-9-17(13(3)23)6-18(10-20)14(4)24/h5-10H,1-4H3. The number of ketones is 4. The average Bonchev–Trinajstić information content (AvgIpc) is 2.53. The molecule has 0 aliphatic rings. The second-order valence-corrected chi connectivity index (χ2v) is 5.82. The van der Waals surface area contributed by atoms with Crippen molar-refractivity contribution in [1.29, 1.82) is 0 Å². The molecule has 0 unspecified atom stereocenters. The lowest BCUT2D eigenvalue weighted by atomic mass is 9.93. The van der Waals surface area contributed by atoms with E-state index in [0.717, 1.165) is 0 Å². The monoisotopic (exact) mass is 322 g/mol. The third-order valence-corrected chi connectivity index (χ3v) is 3.83. The summed E-state index contributed by atoms with van der Waals surface area (Å²) in [5.41, 5.74) is 2.90. The van der Waals surface area contributed by atoms with Gasteiger partial charge in [-0.3, -0.25) is 19.2 Å².